The summed E-state index contributed by atoms with van der Waals surface area (Å²) in [6.07, 6.45) is 0. The molecule has 0 aliphatic carbocycles. The normalized spacial score (nSPS) is 10.4. The molecular weight excluding hydrogens is 307 g/mol. The first kappa shape index (κ1) is 15.7. The smallest absolute Gasteiger partial charge is 0.261 e. The molecule has 0 aliphatic heterocycles. The van der Waals surface area contributed by atoms with E-state index in [0.29, 0.717) is 16.9 Å². The number of halogens is 1. The highest BCUT2D eigenvalue weighted by Crippen LogP contribution is 2.16. The van der Waals surface area contributed by atoms with Gasteiger partial charge in [-0.2, -0.15) is 0 Å². The molecule has 0 bridgehead atoms. The Labute approximate surface area is 138 Å². The van der Waals surface area contributed by atoms with Crippen LogP contribution in [-0.4, -0.2) is 10.9 Å². The van der Waals surface area contributed by atoms with Gasteiger partial charge in [0.05, 0.1) is 0 Å². The number of aromatic nitrogens is 1. The number of H-pyrrole nitrogens is 1. The van der Waals surface area contributed by atoms with Crippen LogP contribution in [0, 0.1) is 12.7 Å². The van der Waals surface area contributed by atoms with Gasteiger partial charge in [-0.15, -0.1) is 0 Å². The molecular formula is C19H15FN2O2. The van der Waals surface area contributed by atoms with E-state index in [0.717, 1.165) is 5.56 Å². The minimum absolute atomic E-state index is 0.0161. The SMILES string of the molecule is Cc1cccc(NC(=O)c2ccc(-c3ccc(F)cc3)[nH]c2=O)c1. The molecule has 2 aromatic carbocycles. The van der Waals surface area contributed by atoms with Crippen LogP contribution in [0.1, 0.15) is 15.9 Å². The highest BCUT2D eigenvalue weighted by atomic mass is 19.1. The maximum absolute atomic E-state index is 13.0. The Morgan fingerprint density at radius 1 is 1.04 bits per heavy atom. The Kier molecular flexibility index (Phi) is 4.24. The number of carbonyl (C=O) groups excluding carboxylic acids is 1. The zero-order valence-corrected chi connectivity index (χ0v) is 13.0. The predicted molar refractivity (Wildman–Crippen MR) is 91.6 cm³/mol. The van der Waals surface area contributed by atoms with Gasteiger partial charge >= 0.3 is 0 Å². The first-order chi connectivity index (χ1) is 11.5. The van der Waals surface area contributed by atoms with Crippen LogP contribution in [0.3, 0.4) is 0 Å². The Hall–Kier alpha value is -3.21. The molecule has 0 unspecified atom stereocenters. The lowest BCUT2D eigenvalue weighted by atomic mass is 10.1. The van der Waals surface area contributed by atoms with Crippen molar-refractivity contribution in [2.24, 2.45) is 0 Å². The number of hydrogen-bond donors (Lipinski definition) is 2. The minimum atomic E-state index is -0.498. The van der Waals surface area contributed by atoms with Crippen molar-refractivity contribution in [3.8, 4) is 11.3 Å². The molecule has 5 heteroatoms. The summed E-state index contributed by atoms with van der Waals surface area (Å²) in [5, 5.41) is 2.70. The average Bonchev–Trinajstić information content (AvgIpc) is 2.55. The summed E-state index contributed by atoms with van der Waals surface area (Å²) in [6.45, 7) is 1.92. The van der Waals surface area contributed by atoms with Gasteiger partial charge in [0.25, 0.3) is 11.5 Å². The Morgan fingerprint density at radius 3 is 2.46 bits per heavy atom. The summed E-state index contributed by atoms with van der Waals surface area (Å²) in [4.78, 5) is 27.1. The van der Waals surface area contributed by atoms with E-state index in [4.69, 9.17) is 0 Å². The van der Waals surface area contributed by atoms with Crippen molar-refractivity contribution in [2.45, 2.75) is 6.92 Å². The maximum atomic E-state index is 13.0. The quantitative estimate of drug-likeness (QED) is 0.771. The summed E-state index contributed by atoms with van der Waals surface area (Å²) < 4.78 is 13.0. The molecule has 24 heavy (non-hydrogen) atoms. The lowest BCUT2D eigenvalue weighted by Gasteiger charge is -2.07. The van der Waals surface area contributed by atoms with E-state index >= 15 is 0 Å². The number of carbonyl (C=O) groups is 1. The molecule has 0 fully saturated rings. The average molecular weight is 322 g/mol. The second-order valence-corrected chi connectivity index (χ2v) is 5.45. The van der Waals surface area contributed by atoms with Gasteiger partial charge < -0.3 is 10.3 Å². The summed E-state index contributed by atoms with van der Waals surface area (Å²) in [7, 11) is 0. The van der Waals surface area contributed by atoms with Crippen LogP contribution in [0.15, 0.2) is 65.5 Å². The zero-order valence-electron chi connectivity index (χ0n) is 13.0. The summed E-state index contributed by atoms with van der Waals surface area (Å²) in [5.41, 5.74) is 2.34. The van der Waals surface area contributed by atoms with Crippen molar-refractivity contribution in [2.75, 3.05) is 5.32 Å². The number of hydrogen-bond acceptors (Lipinski definition) is 2. The largest absolute Gasteiger partial charge is 0.322 e. The molecule has 3 rings (SSSR count). The van der Waals surface area contributed by atoms with E-state index in [1.807, 2.05) is 25.1 Å². The maximum Gasteiger partial charge on any atom is 0.261 e. The van der Waals surface area contributed by atoms with Crippen LogP contribution in [0.2, 0.25) is 0 Å². The fraction of sp³-hybridized carbons (Fsp3) is 0.0526. The second-order valence-electron chi connectivity index (χ2n) is 5.45. The molecule has 1 amide bonds. The van der Waals surface area contributed by atoms with Crippen molar-refractivity contribution in [3.63, 3.8) is 0 Å². The molecule has 1 aromatic heterocycles. The molecule has 2 N–H and O–H groups in total. The fourth-order valence-electron chi connectivity index (χ4n) is 2.37. The minimum Gasteiger partial charge on any atom is -0.322 e. The monoisotopic (exact) mass is 322 g/mol. The van der Waals surface area contributed by atoms with E-state index in [9.17, 15) is 14.0 Å². The molecule has 120 valence electrons. The van der Waals surface area contributed by atoms with Gasteiger partial charge in [0.1, 0.15) is 11.4 Å². The van der Waals surface area contributed by atoms with Crippen LogP contribution in [0.4, 0.5) is 10.1 Å². The van der Waals surface area contributed by atoms with Gasteiger partial charge in [-0.25, -0.2) is 4.39 Å². The van der Waals surface area contributed by atoms with E-state index < -0.39 is 11.5 Å². The van der Waals surface area contributed by atoms with Crippen LogP contribution in [-0.2, 0) is 0 Å². The van der Waals surface area contributed by atoms with Gasteiger partial charge in [-0.3, -0.25) is 9.59 Å². The highest BCUT2D eigenvalue weighted by Gasteiger charge is 2.12. The number of aryl methyl sites for hydroxylation is 1. The van der Waals surface area contributed by atoms with Crippen molar-refractivity contribution < 1.29 is 9.18 Å². The van der Waals surface area contributed by atoms with E-state index in [2.05, 4.69) is 10.3 Å². The van der Waals surface area contributed by atoms with Crippen molar-refractivity contribution in [1.29, 1.82) is 0 Å². The fourth-order valence-corrected chi connectivity index (χ4v) is 2.37. The number of rotatable bonds is 3. The van der Waals surface area contributed by atoms with Crippen molar-refractivity contribution >= 4 is 11.6 Å². The first-order valence-corrected chi connectivity index (χ1v) is 7.40. The third-order valence-corrected chi connectivity index (χ3v) is 3.59. The number of amides is 1. The standard InChI is InChI=1S/C19H15FN2O2/c1-12-3-2-4-15(11-12)21-18(23)16-9-10-17(22-19(16)24)13-5-7-14(20)8-6-13/h2-11H,1H3,(H,21,23)(H,22,24). The van der Waals surface area contributed by atoms with E-state index in [-0.39, 0.29) is 11.4 Å². The Morgan fingerprint density at radius 2 is 1.79 bits per heavy atom. The first-order valence-electron chi connectivity index (χ1n) is 7.40. The lowest BCUT2D eigenvalue weighted by Crippen LogP contribution is -2.23. The van der Waals surface area contributed by atoms with Gasteiger partial charge in [-0.1, -0.05) is 12.1 Å². The van der Waals surface area contributed by atoms with Crippen molar-refractivity contribution in [1.82, 2.24) is 4.98 Å². The lowest BCUT2D eigenvalue weighted by molar-refractivity contribution is 0.102. The van der Waals surface area contributed by atoms with Crippen molar-refractivity contribution in [3.05, 3.63) is 88.0 Å². The van der Waals surface area contributed by atoms with Crippen LogP contribution >= 0.6 is 0 Å². The molecule has 0 spiro atoms. The Balaban J connectivity index is 1.85. The number of aromatic amines is 1. The molecule has 0 radical (unpaired) electrons. The number of pyridine rings is 1. The summed E-state index contributed by atoms with van der Waals surface area (Å²) in [5.74, 6) is -0.831. The number of benzene rings is 2. The highest BCUT2D eigenvalue weighted by molar-refractivity contribution is 6.04. The van der Waals surface area contributed by atoms with Gasteiger partial charge in [0.15, 0.2) is 0 Å². The van der Waals surface area contributed by atoms with Crippen LogP contribution < -0.4 is 10.9 Å². The zero-order chi connectivity index (χ0) is 17.1. The molecule has 0 saturated carbocycles. The predicted octanol–water partition coefficient (Wildman–Crippen LogP) is 3.74. The topological polar surface area (TPSA) is 62.0 Å². The molecule has 1 heterocycles. The van der Waals surface area contributed by atoms with Gasteiger partial charge in [0.2, 0.25) is 0 Å². The number of anilines is 1. The molecule has 0 saturated heterocycles. The Bertz CT molecular complexity index is 946. The molecule has 4 nitrogen and oxygen atoms in total. The molecule has 0 aliphatic rings. The second kappa shape index (κ2) is 6.50. The summed E-state index contributed by atoms with van der Waals surface area (Å²) >= 11 is 0. The van der Waals surface area contributed by atoms with Gasteiger partial charge in [0, 0.05) is 11.4 Å². The van der Waals surface area contributed by atoms with E-state index in [1.54, 1.807) is 24.3 Å². The van der Waals surface area contributed by atoms with E-state index in [1.165, 1.54) is 18.2 Å². The third kappa shape index (κ3) is 3.41. The van der Waals surface area contributed by atoms with Crippen LogP contribution in [0.5, 0.6) is 0 Å². The molecule has 0 atom stereocenters. The summed E-state index contributed by atoms with van der Waals surface area (Å²) in [6, 6.07) is 16.2. The van der Waals surface area contributed by atoms with Gasteiger partial charge in [-0.05, 0) is 66.6 Å². The van der Waals surface area contributed by atoms with Crippen LogP contribution in [0.25, 0.3) is 11.3 Å². The third-order valence-electron chi connectivity index (χ3n) is 3.59. The molecule has 3 aromatic rings. The number of nitrogens with one attached hydrogen (secondary N) is 2.